The van der Waals surface area contributed by atoms with E-state index in [1.54, 1.807) is 12.1 Å². The standard InChI is InChI=1S/C24H20F2O3/c1-3-4-16-5-7-18(8-6-16)20-13-14-21(23(26)22(20)25)24(28)29-19-11-9-17(10-12-19)15(2)27/h5-14H,3-4H2,1-2H3. The Kier molecular flexibility index (Phi) is 6.17. The lowest BCUT2D eigenvalue weighted by molar-refractivity contribution is 0.0728. The van der Waals surface area contributed by atoms with Gasteiger partial charge in [-0.05, 0) is 54.8 Å². The topological polar surface area (TPSA) is 43.4 Å². The summed E-state index contributed by atoms with van der Waals surface area (Å²) >= 11 is 0. The van der Waals surface area contributed by atoms with Crippen molar-refractivity contribution in [2.45, 2.75) is 26.7 Å². The summed E-state index contributed by atoms with van der Waals surface area (Å²) in [5.41, 5.74) is 1.68. The van der Waals surface area contributed by atoms with Crippen LogP contribution in [0.15, 0.2) is 60.7 Å². The van der Waals surface area contributed by atoms with Crippen molar-refractivity contribution in [3.8, 4) is 16.9 Å². The summed E-state index contributed by atoms with van der Waals surface area (Å²) < 4.78 is 34.3. The molecular formula is C24H20F2O3. The number of halogens is 2. The Balaban J connectivity index is 1.82. The van der Waals surface area contributed by atoms with Crippen molar-refractivity contribution in [2.75, 3.05) is 0 Å². The van der Waals surface area contributed by atoms with Gasteiger partial charge in [0, 0.05) is 11.1 Å². The summed E-state index contributed by atoms with van der Waals surface area (Å²) in [6.07, 6.45) is 1.91. The fraction of sp³-hybridized carbons (Fsp3) is 0.167. The van der Waals surface area contributed by atoms with Crippen LogP contribution in [0.4, 0.5) is 8.78 Å². The van der Waals surface area contributed by atoms with Gasteiger partial charge in [0.15, 0.2) is 17.4 Å². The van der Waals surface area contributed by atoms with Gasteiger partial charge in [-0.1, -0.05) is 43.7 Å². The third-order valence-electron chi connectivity index (χ3n) is 4.58. The van der Waals surface area contributed by atoms with Crippen molar-refractivity contribution in [3.05, 3.63) is 89.0 Å². The van der Waals surface area contributed by atoms with Crippen molar-refractivity contribution >= 4 is 11.8 Å². The normalized spacial score (nSPS) is 10.6. The molecule has 3 nitrogen and oxygen atoms in total. The number of hydrogen-bond donors (Lipinski definition) is 0. The number of carbonyl (C=O) groups excluding carboxylic acids is 2. The van der Waals surface area contributed by atoms with Crippen LogP contribution in [0.3, 0.4) is 0 Å². The van der Waals surface area contributed by atoms with Crippen LogP contribution in [-0.4, -0.2) is 11.8 Å². The average molecular weight is 394 g/mol. The number of hydrogen-bond acceptors (Lipinski definition) is 3. The number of rotatable bonds is 6. The molecule has 0 saturated heterocycles. The summed E-state index contributed by atoms with van der Waals surface area (Å²) in [6.45, 7) is 3.48. The molecule has 0 N–H and O–H groups in total. The summed E-state index contributed by atoms with van der Waals surface area (Å²) in [5, 5.41) is 0. The first-order chi connectivity index (χ1) is 13.9. The Morgan fingerprint density at radius 1 is 0.862 bits per heavy atom. The predicted octanol–water partition coefficient (Wildman–Crippen LogP) is 6.01. The summed E-state index contributed by atoms with van der Waals surface area (Å²) in [6, 6.07) is 15.6. The summed E-state index contributed by atoms with van der Waals surface area (Å²) in [4.78, 5) is 23.6. The molecule has 0 heterocycles. The molecule has 3 aromatic rings. The van der Waals surface area contributed by atoms with Gasteiger partial charge in [-0.2, -0.15) is 0 Å². The number of ketones is 1. The Labute approximate surface area is 168 Å². The summed E-state index contributed by atoms with van der Waals surface area (Å²) in [5.74, 6) is -3.37. The molecule has 3 rings (SSSR count). The van der Waals surface area contributed by atoms with Gasteiger partial charge in [0.2, 0.25) is 0 Å². The van der Waals surface area contributed by atoms with E-state index in [9.17, 15) is 18.4 Å². The minimum Gasteiger partial charge on any atom is -0.423 e. The smallest absolute Gasteiger partial charge is 0.346 e. The Bertz CT molecular complexity index is 1040. The molecule has 0 aliphatic rings. The fourth-order valence-electron chi connectivity index (χ4n) is 2.99. The van der Waals surface area contributed by atoms with Crippen LogP contribution in [-0.2, 0) is 6.42 Å². The van der Waals surface area contributed by atoms with Gasteiger partial charge < -0.3 is 4.74 Å². The SMILES string of the molecule is CCCc1ccc(-c2ccc(C(=O)Oc3ccc(C(C)=O)cc3)c(F)c2F)cc1. The number of benzene rings is 3. The molecule has 0 atom stereocenters. The molecule has 0 unspecified atom stereocenters. The highest BCUT2D eigenvalue weighted by Gasteiger charge is 2.21. The van der Waals surface area contributed by atoms with Crippen LogP contribution in [0.1, 0.15) is 46.5 Å². The van der Waals surface area contributed by atoms with Crippen LogP contribution < -0.4 is 4.74 Å². The van der Waals surface area contributed by atoms with Gasteiger partial charge in [-0.3, -0.25) is 4.79 Å². The lowest BCUT2D eigenvalue weighted by atomic mass is 10.00. The maximum atomic E-state index is 14.6. The van der Waals surface area contributed by atoms with E-state index in [0.29, 0.717) is 11.1 Å². The highest BCUT2D eigenvalue weighted by Crippen LogP contribution is 2.27. The van der Waals surface area contributed by atoms with Crippen LogP contribution in [0.2, 0.25) is 0 Å². The molecule has 0 aliphatic carbocycles. The lowest BCUT2D eigenvalue weighted by Crippen LogP contribution is -2.12. The van der Waals surface area contributed by atoms with Gasteiger partial charge in [-0.15, -0.1) is 0 Å². The Hall–Kier alpha value is -3.34. The molecule has 29 heavy (non-hydrogen) atoms. The zero-order valence-corrected chi connectivity index (χ0v) is 16.2. The monoisotopic (exact) mass is 394 g/mol. The molecule has 0 spiro atoms. The number of carbonyl (C=O) groups is 2. The molecule has 3 aromatic carbocycles. The van der Waals surface area contributed by atoms with E-state index in [1.165, 1.54) is 43.3 Å². The minimum absolute atomic E-state index is 0.0768. The largest absolute Gasteiger partial charge is 0.423 e. The van der Waals surface area contributed by atoms with Gasteiger partial charge in [0.05, 0.1) is 5.56 Å². The number of ether oxygens (including phenoxy) is 1. The second-order valence-corrected chi connectivity index (χ2v) is 6.71. The van der Waals surface area contributed by atoms with Crippen molar-refractivity contribution < 1.29 is 23.1 Å². The highest BCUT2D eigenvalue weighted by atomic mass is 19.2. The molecule has 0 saturated carbocycles. The zero-order valence-electron chi connectivity index (χ0n) is 16.2. The molecule has 0 radical (unpaired) electrons. The van der Waals surface area contributed by atoms with Gasteiger partial charge in [0.25, 0.3) is 0 Å². The first-order valence-corrected chi connectivity index (χ1v) is 9.31. The average Bonchev–Trinajstić information content (AvgIpc) is 2.71. The van der Waals surface area contributed by atoms with Gasteiger partial charge in [-0.25, -0.2) is 13.6 Å². The molecule has 0 aliphatic heterocycles. The molecule has 0 aromatic heterocycles. The maximum absolute atomic E-state index is 14.6. The molecule has 5 heteroatoms. The first-order valence-electron chi connectivity index (χ1n) is 9.31. The van der Waals surface area contributed by atoms with Crippen molar-refractivity contribution in [1.29, 1.82) is 0 Å². The van der Waals surface area contributed by atoms with Crippen molar-refractivity contribution in [2.24, 2.45) is 0 Å². The van der Waals surface area contributed by atoms with E-state index < -0.39 is 23.2 Å². The molecule has 0 fully saturated rings. The van der Waals surface area contributed by atoms with Crippen LogP contribution in [0.5, 0.6) is 5.75 Å². The van der Waals surface area contributed by atoms with Crippen LogP contribution in [0.25, 0.3) is 11.1 Å². The fourth-order valence-corrected chi connectivity index (χ4v) is 2.99. The lowest BCUT2D eigenvalue weighted by Gasteiger charge is -2.10. The van der Waals surface area contributed by atoms with Crippen molar-refractivity contribution in [3.63, 3.8) is 0 Å². The van der Waals surface area contributed by atoms with E-state index in [2.05, 4.69) is 6.92 Å². The Morgan fingerprint density at radius 3 is 2.10 bits per heavy atom. The maximum Gasteiger partial charge on any atom is 0.346 e. The third-order valence-corrected chi connectivity index (χ3v) is 4.58. The minimum atomic E-state index is -1.26. The summed E-state index contributed by atoms with van der Waals surface area (Å²) in [7, 11) is 0. The predicted molar refractivity (Wildman–Crippen MR) is 107 cm³/mol. The number of esters is 1. The third kappa shape index (κ3) is 4.57. The van der Waals surface area contributed by atoms with Gasteiger partial charge >= 0.3 is 5.97 Å². The quantitative estimate of drug-likeness (QED) is 0.292. The van der Waals surface area contributed by atoms with E-state index in [0.717, 1.165) is 18.4 Å². The van der Waals surface area contributed by atoms with E-state index >= 15 is 0 Å². The number of Topliss-reactive ketones (excluding diaryl/α,β-unsaturated/α-hetero) is 1. The molecule has 0 amide bonds. The highest BCUT2D eigenvalue weighted by molar-refractivity contribution is 5.94. The number of aryl methyl sites for hydroxylation is 1. The van der Waals surface area contributed by atoms with Crippen LogP contribution >= 0.6 is 0 Å². The van der Waals surface area contributed by atoms with Crippen LogP contribution in [0, 0.1) is 11.6 Å². The van der Waals surface area contributed by atoms with E-state index in [1.807, 2.05) is 12.1 Å². The van der Waals surface area contributed by atoms with Gasteiger partial charge in [0.1, 0.15) is 5.75 Å². The van der Waals surface area contributed by atoms with Crippen molar-refractivity contribution in [1.82, 2.24) is 0 Å². The molecular weight excluding hydrogens is 374 g/mol. The van der Waals surface area contributed by atoms with E-state index in [4.69, 9.17) is 4.74 Å². The van der Waals surface area contributed by atoms with E-state index in [-0.39, 0.29) is 17.1 Å². The first kappa shape index (κ1) is 20.4. The Morgan fingerprint density at radius 2 is 1.52 bits per heavy atom. The molecule has 0 bridgehead atoms. The molecule has 148 valence electrons. The second kappa shape index (κ2) is 8.78. The second-order valence-electron chi connectivity index (χ2n) is 6.71. The zero-order chi connectivity index (χ0) is 21.0.